The molecule has 0 unspecified atom stereocenters. The van der Waals surface area contributed by atoms with E-state index in [2.05, 4.69) is 39.4 Å². The Morgan fingerprint density at radius 3 is 2.14 bits per heavy atom. The van der Waals surface area contributed by atoms with E-state index in [1.165, 1.54) is 16.0 Å². The molecule has 1 aliphatic rings. The van der Waals surface area contributed by atoms with Crippen LogP contribution in [0.2, 0.25) is 0 Å². The second-order valence-electron chi connectivity index (χ2n) is 5.73. The minimum Gasteiger partial charge on any atom is -0.354 e. The predicted molar refractivity (Wildman–Crippen MR) is 86.1 cm³/mol. The minimum atomic E-state index is -0.123. The van der Waals surface area contributed by atoms with Gasteiger partial charge in [0.15, 0.2) is 11.5 Å². The number of rotatable bonds is 2. The fraction of sp³-hybridized carbons (Fsp3) is 0.353. The molecule has 0 N–H and O–H groups in total. The summed E-state index contributed by atoms with van der Waals surface area (Å²) >= 11 is 0. The summed E-state index contributed by atoms with van der Waals surface area (Å²) in [5.41, 5.74) is 3.21. The second-order valence-corrected chi connectivity index (χ2v) is 5.73. The molecule has 1 aromatic carbocycles. The third kappa shape index (κ3) is 2.93. The molecule has 22 heavy (non-hydrogen) atoms. The Hall–Kier alpha value is -2.43. The van der Waals surface area contributed by atoms with E-state index in [-0.39, 0.29) is 5.91 Å². The highest BCUT2D eigenvalue weighted by molar-refractivity contribution is 5.91. The van der Waals surface area contributed by atoms with Crippen molar-refractivity contribution in [2.45, 2.75) is 12.8 Å². The molecular weight excluding hydrogens is 276 g/mol. The Morgan fingerprint density at radius 1 is 1.00 bits per heavy atom. The molecule has 5 heteroatoms. The highest BCUT2D eigenvalue weighted by Gasteiger charge is 2.16. The average molecular weight is 296 g/mol. The van der Waals surface area contributed by atoms with Gasteiger partial charge in [0.2, 0.25) is 0 Å². The molecule has 1 aromatic heterocycles. The number of carbonyl (C=O) groups excluding carboxylic acids is 1. The lowest BCUT2D eigenvalue weighted by molar-refractivity contribution is 0.0821. The normalized spacial score (nSPS) is 14.2. The lowest BCUT2D eigenvalue weighted by atomic mass is 10.0. The van der Waals surface area contributed by atoms with Crippen LogP contribution in [0, 0.1) is 0 Å². The largest absolute Gasteiger partial charge is 0.354 e. The van der Waals surface area contributed by atoms with Gasteiger partial charge in [-0.2, -0.15) is 0 Å². The molecule has 0 radical (unpaired) electrons. The van der Waals surface area contributed by atoms with E-state index in [0.29, 0.717) is 5.69 Å². The van der Waals surface area contributed by atoms with Gasteiger partial charge in [-0.15, -0.1) is 10.2 Å². The molecule has 114 valence electrons. The number of aromatic nitrogens is 2. The van der Waals surface area contributed by atoms with Gasteiger partial charge in [0.05, 0.1) is 0 Å². The maximum atomic E-state index is 11.8. The SMILES string of the molecule is CN(C)C(=O)c1ccc(N2CCc3ccccc3CC2)nn1. The van der Waals surface area contributed by atoms with E-state index in [1.807, 2.05) is 6.07 Å². The van der Waals surface area contributed by atoms with Gasteiger partial charge < -0.3 is 9.80 Å². The number of amides is 1. The molecule has 5 nitrogen and oxygen atoms in total. The zero-order valence-corrected chi connectivity index (χ0v) is 13.0. The predicted octanol–water partition coefficient (Wildman–Crippen LogP) is 1.78. The highest BCUT2D eigenvalue weighted by Crippen LogP contribution is 2.19. The van der Waals surface area contributed by atoms with Crippen molar-refractivity contribution in [1.82, 2.24) is 15.1 Å². The van der Waals surface area contributed by atoms with E-state index < -0.39 is 0 Å². The molecule has 0 bridgehead atoms. The molecule has 0 aliphatic carbocycles. The van der Waals surface area contributed by atoms with E-state index in [0.717, 1.165) is 31.7 Å². The van der Waals surface area contributed by atoms with Crippen LogP contribution in [0.25, 0.3) is 0 Å². The van der Waals surface area contributed by atoms with Crippen LogP contribution in [0.5, 0.6) is 0 Å². The third-order valence-corrected chi connectivity index (χ3v) is 4.02. The molecule has 0 saturated heterocycles. The molecule has 0 fully saturated rings. The fourth-order valence-corrected chi connectivity index (χ4v) is 2.73. The number of nitrogens with zero attached hydrogens (tertiary/aromatic N) is 4. The Balaban J connectivity index is 1.74. The van der Waals surface area contributed by atoms with Crippen LogP contribution in [0.1, 0.15) is 21.6 Å². The Morgan fingerprint density at radius 2 is 1.64 bits per heavy atom. The smallest absolute Gasteiger partial charge is 0.273 e. The number of anilines is 1. The van der Waals surface area contributed by atoms with Gasteiger partial charge in [-0.05, 0) is 36.1 Å². The van der Waals surface area contributed by atoms with Crippen LogP contribution in [0.15, 0.2) is 36.4 Å². The Labute approximate surface area is 130 Å². The van der Waals surface area contributed by atoms with Gasteiger partial charge in [-0.1, -0.05) is 24.3 Å². The molecule has 0 atom stereocenters. The number of carbonyl (C=O) groups is 1. The topological polar surface area (TPSA) is 49.3 Å². The van der Waals surface area contributed by atoms with Crippen molar-refractivity contribution in [2.24, 2.45) is 0 Å². The summed E-state index contributed by atoms with van der Waals surface area (Å²) < 4.78 is 0. The first-order valence-electron chi connectivity index (χ1n) is 7.52. The number of hydrogen-bond acceptors (Lipinski definition) is 4. The van der Waals surface area contributed by atoms with Gasteiger partial charge in [0, 0.05) is 27.2 Å². The van der Waals surface area contributed by atoms with Crippen molar-refractivity contribution in [1.29, 1.82) is 0 Å². The van der Waals surface area contributed by atoms with Crippen molar-refractivity contribution in [3.8, 4) is 0 Å². The summed E-state index contributed by atoms with van der Waals surface area (Å²) in [4.78, 5) is 15.6. The molecular formula is C17H20N4O. The summed E-state index contributed by atoms with van der Waals surface area (Å²) in [6, 6.07) is 12.2. The minimum absolute atomic E-state index is 0.123. The van der Waals surface area contributed by atoms with E-state index in [4.69, 9.17) is 0 Å². The summed E-state index contributed by atoms with van der Waals surface area (Å²) in [5.74, 6) is 0.713. The first-order chi connectivity index (χ1) is 10.6. The molecule has 1 amide bonds. The fourth-order valence-electron chi connectivity index (χ4n) is 2.73. The van der Waals surface area contributed by atoms with Crippen LogP contribution < -0.4 is 4.90 Å². The van der Waals surface area contributed by atoms with Gasteiger partial charge >= 0.3 is 0 Å². The van der Waals surface area contributed by atoms with Crippen LogP contribution >= 0.6 is 0 Å². The first-order valence-corrected chi connectivity index (χ1v) is 7.52. The summed E-state index contributed by atoms with van der Waals surface area (Å²) in [6.45, 7) is 1.85. The van der Waals surface area contributed by atoms with Crippen molar-refractivity contribution in [3.63, 3.8) is 0 Å². The van der Waals surface area contributed by atoms with Crippen molar-refractivity contribution < 1.29 is 4.79 Å². The summed E-state index contributed by atoms with van der Waals surface area (Å²) in [7, 11) is 3.42. The van der Waals surface area contributed by atoms with Crippen LogP contribution in [-0.2, 0) is 12.8 Å². The van der Waals surface area contributed by atoms with Crippen LogP contribution in [0.3, 0.4) is 0 Å². The maximum Gasteiger partial charge on any atom is 0.273 e. The Kier molecular flexibility index (Phi) is 4.04. The highest BCUT2D eigenvalue weighted by atomic mass is 16.2. The van der Waals surface area contributed by atoms with Crippen molar-refractivity contribution >= 4 is 11.7 Å². The van der Waals surface area contributed by atoms with Gasteiger partial charge in [0.25, 0.3) is 5.91 Å². The van der Waals surface area contributed by atoms with Crippen molar-refractivity contribution in [2.75, 3.05) is 32.1 Å². The van der Waals surface area contributed by atoms with E-state index in [9.17, 15) is 4.79 Å². The monoisotopic (exact) mass is 296 g/mol. The maximum absolute atomic E-state index is 11.8. The van der Waals surface area contributed by atoms with Gasteiger partial charge in [0.1, 0.15) is 0 Å². The average Bonchev–Trinajstić information content (AvgIpc) is 2.77. The number of hydrogen-bond donors (Lipinski definition) is 0. The Bertz CT molecular complexity index is 640. The lowest BCUT2D eigenvalue weighted by Gasteiger charge is -2.20. The first kappa shape index (κ1) is 14.5. The quantitative estimate of drug-likeness (QED) is 0.847. The molecule has 1 aliphatic heterocycles. The summed E-state index contributed by atoms with van der Waals surface area (Å²) in [6.07, 6.45) is 2.02. The molecule has 3 rings (SSSR count). The zero-order valence-electron chi connectivity index (χ0n) is 13.0. The van der Waals surface area contributed by atoms with E-state index in [1.54, 1.807) is 20.2 Å². The third-order valence-electron chi connectivity index (χ3n) is 4.02. The lowest BCUT2D eigenvalue weighted by Crippen LogP contribution is -2.28. The van der Waals surface area contributed by atoms with Crippen molar-refractivity contribution in [3.05, 3.63) is 53.2 Å². The molecule has 0 saturated carbocycles. The van der Waals surface area contributed by atoms with Gasteiger partial charge in [-0.3, -0.25) is 4.79 Å². The summed E-state index contributed by atoms with van der Waals surface area (Å²) in [5, 5.41) is 8.31. The second kappa shape index (κ2) is 6.13. The number of benzene rings is 1. The molecule has 2 heterocycles. The van der Waals surface area contributed by atoms with E-state index >= 15 is 0 Å². The standard InChI is InChI=1S/C17H20N4O/c1-20(2)17(22)15-7-8-16(19-18-15)21-11-9-13-5-3-4-6-14(13)10-12-21/h3-8H,9-12H2,1-2H3. The zero-order chi connectivity index (χ0) is 15.5. The molecule has 0 spiro atoms. The van der Waals surface area contributed by atoms with Crippen LogP contribution in [-0.4, -0.2) is 48.2 Å². The van der Waals surface area contributed by atoms with Crippen LogP contribution in [0.4, 0.5) is 5.82 Å². The molecule has 2 aromatic rings. The number of fused-ring (bicyclic) bond motifs is 1. The van der Waals surface area contributed by atoms with Gasteiger partial charge in [-0.25, -0.2) is 0 Å².